The molecular formula is C18H19NO3. The number of benzene rings is 2. The summed E-state index contributed by atoms with van der Waals surface area (Å²) in [6.45, 7) is 1.29. The van der Waals surface area contributed by atoms with Crippen molar-refractivity contribution in [1.82, 2.24) is 5.32 Å². The lowest BCUT2D eigenvalue weighted by Crippen LogP contribution is -2.31. The number of rotatable bonds is 7. The van der Waals surface area contributed by atoms with E-state index in [1.165, 1.54) is 0 Å². The van der Waals surface area contributed by atoms with Gasteiger partial charge in [0.25, 0.3) is 0 Å². The first-order chi connectivity index (χ1) is 10.8. The average Bonchev–Trinajstić information content (AvgIpc) is 2.96. The second-order valence-corrected chi connectivity index (χ2v) is 5.16. The summed E-state index contributed by atoms with van der Waals surface area (Å²) in [5.41, 5.74) is 0.882. The van der Waals surface area contributed by atoms with Crippen LogP contribution in [0.15, 0.2) is 65.1 Å². The van der Waals surface area contributed by atoms with Crippen LogP contribution in [0.3, 0.4) is 0 Å². The van der Waals surface area contributed by atoms with Crippen molar-refractivity contribution in [3.8, 4) is 5.75 Å². The minimum atomic E-state index is -0.565. The highest BCUT2D eigenvalue weighted by atomic mass is 16.5. The molecule has 1 unspecified atom stereocenters. The highest BCUT2D eigenvalue weighted by molar-refractivity contribution is 5.77. The van der Waals surface area contributed by atoms with Gasteiger partial charge < -0.3 is 19.6 Å². The second-order valence-electron chi connectivity index (χ2n) is 5.16. The monoisotopic (exact) mass is 297 g/mol. The molecule has 0 saturated heterocycles. The van der Waals surface area contributed by atoms with Gasteiger partial charge in [-0.3, -0.25) is 0 Å². The van der Waals surface area contributed by atoms with Crippen LogP contribution in [0.2, 0.25) is 0 Å². The molecule has 0 aliphatic rings. The molecule has 1 aromatic heterocycles. The fourth-order valence-electron chi connectivity index (χ4n) is 2.25. The number of para-hydroxylation sites is 2. The van der Waals surface area contributed by atoms with E-state index >= 15 is 0 Å². The minimum absolute atomic E-state index is 0.261. The molecule has 0 spiro atoms. The first-order valence-corrected chi connectivity index (χ1v) is 7.35. The van der Waals surface area contributed by atoms with Crippen molar-refractivity contribution < 1.29 is 14.3 Å². The third-order valence-corrected chi connectivity index (χ3v) is 3.34. The van der Waals surface area contributed by atoms with Crippen LogP contribution in [-0.2, 0) is 6.54 Å². The lowest BCUT2D eigenvalue weighted by molar-refractivity contribution is 0.106. The van der Waals surface area contributed by atoms with E-state index < -0.39 is 6.10 Å². The Kier molecular flexibility index (Phi) is 4.73. The smallest absolute Gasteiger partial charge is 0.134 e. The van der Waals surface area contributed by atoms with E-state index in [0.717, 1.165) is 22.5 Å². The van der Waals surface area contributed by atoms with Crippen molar-refractivity contribution in [2.24, 2.45) is 0 Å². The molecule has 114 valence electrons. The second kappa shape index (κ2) is 7.11. The molecule has 4 heteroatoms. The highest BCUT2D eigenvalue weighted by Crippen LogP contribution is 2.18. The van der Waals surface area contributed by atoms with Crippen molar-refractivity contribution in [3.05, 3.63) is 66.4 Å². The topological polar surface area (TPSA) is 54.6 Å². The van der Waals surface area contributed by atoms with Crippen LogP contribution in [0, 0.1) is 0 Å². The molecule has 1 heterocycles. The molecule has 22 heavy (non-hydrogen) atoms. The zero-order valence-corrected chi connectivity index (χ0v) is 12.2. The maximum absolute atomic E-state index is 9.91. The number of ether oxygens (including phenoxy) is 1. The van der Waals surface area contributed by atoms with Crippen LogP contribution >= 0.6 is 0 Å². The first kappa shape index (κ1) is 14.6. The SMILES string of the molecule is OC(CNCc1cc2ccccc2o1)COc1ccccc1. The van der Waals surface area contributed by atoms with Crippen molar-refractivity contribution in [2.45, 2.75) is 12.6 Å². The number of nitrogens with one attached hydrogen (secondary N) is 1. The Bertz CT molecular complexity index is 675. The number of hydrogen-bond donors (Lipinski definition) is 2. The minimum Gasteiger partial charge on any atom is -0.491 e. The molecule has 0 saturated carbocycles. The summed E-state index contributed by atoms with van der Waals surface area (Å²) in [5.74, 6) is 1.62. The third-order valence-electron chi connectivity index (χ3n) is 3.34. The number of furan rings is 1. The third kappa shape index (κ3) is 3.87. The van der Waals surface area contributed by atoms with E-state index in [1.54, 1.807) is 0 Å². The first-order valence-electron chi connectivity index (χ1n) is 7.35. The summed E-state index contributed by atoms with van der Waals surface area (Å²) in [5, 5.41) is 14.2. The van der Waals surface area contributed by atoms with Crippen LogP contribution in [0.4, 0.5) is 0 Å². The molecular weight excluding hydrogens is 278 g/mol. The summed E-state index contributed by atoms with van der Waals surface area (Å²) in [7, 11) is 0. The van der Waals surface area contributed by atoms with Gasteiger partial charge in [0.05, 0.1) is 6.54 Å². The Morgan fingerprint density at radius 1 is 1.05 bits per heavy atom. The van der Waals surface area contributed by atoms with Gasteiger partial charge in [-0.05, 0) is 24.3 Å². The molecule has 0 radical (unpaired) electrons. The van der Waals surface area contributed by atoms with Crippen LogP contribution in [-0.4, -0.2) is 24.4 Å². The molecule has 1 atom stereocenters. The normalized spacial score (nSPS) is 12.4. The van der Waals surface area contributed by atoms with Gasteiger partial charge in [-0.25, -0.2) is 0 Å². The molecule has 0 aliphatic carbocycles. The highest BCUT2D eigenvalue weighted by Gasteiger charge is 2.07. The number of aliphatic hydroxyl groups excluding tert-OH is 1. The van der Waals surface area contributed by atoms with Gasteiger partial charge in [-0.1, -0.05) is 36.4 Å². The van der Waals surface area contributed by atoms with Gasteiger partial charge in [0.1, 0.15) is 29.8 Å². The molecule has 2 aromatic carbocycles. The summed E-state index contributed by atoms with van der Waals surface area (Å²) in [6, 6.07) is 19.4. The Hall–Kier alpha value is -2.30. The molecule has 2 N–H and O–H groups in total. The lowest BCUT2D eigenvalue weighted by Gasteiger charge is -2.12. The molecule has 3 aromatic rings. The maximum atomic E-state index is 9.91. The molecule has 0 bridgehead atoms. The van der Waals surface area contributed by atoms with Crippen LogP contribution in [0.25, 0.3) is 11.0 Å². The number of hydrogen-bond acceptors (Lipinski definition) is 4. The van der Waals surface area contributed by atoms with E-state index in [-0.39, 0.29) is 6.61 Å². The zero-order valence-electron chi connectivity index (χ0n) is 12.2. The van der Waals surface area contributed by atoms with Crippen molar-refractivity contribution in [3.63, 3.8) is 0 Å². The fourth-order valence-corrected chi connectivity index (χ4v) is 2.25. The van der Waals surface area contributed by atoms with E-state index in [1.807, 2.05) is 60.7 Å². The van der Waals surface area contributed by atoms with E-state index in [9.17, 15) is 5.11 Å². The standard InChI is InChI=1S/C18H19NO3/c20-15(13-21-16-7-2-1-3-8-16)11-19-12-17-10-14-6-4-5-9-18(14)22-17/h1-10,15,19-20H,11-13H2. The fraction of sp³-hybridized carbons (Fsp3) is 0.222. The summed E-state index contributed by atoms with van der Waals surface area (Å²) < 4.78 is 11.2. The predicted octanol–water partition coefficient (Wildman–Crippen LogP) is 2.96. The number of fused-ring (bicyclic) bond motifs is 1. The molecule has 0 fully saturated rings. The van der Waals surface area contributed by atoms with Crippen molar-refractivity contribution in [1.29, 1.82) is 0 Å². The van der Waals surface area contributed by atoms with Gasteiger partial charge in [-0.2, -0.15) is 0 Å². The summed E-state index contributed by atoms with van der Waals surface area (Å²) in [6.07, 6.45) is -0.565. The summed E-state index contributed by atoms with van der Waals surface area (Å²) >= 11 is 0. The van der Waals surface area contributed by atoms with E-state index in [4.69, 9.17) is 9.15 Å². The van der Waals surface area contributed by atoms with Gasteiger partial charge in [0, 0.05) is 11.9 Å². The van der Waals surface area contributed by atoms with Gasteiger partial charge in [-0.15, -0.1) is 0 Å². The Morgan fingerprint density at radius 3 is 2.64 bits per heavy atom. The van der Waals surface area contributed by atoms with Gasteiger partial charge in [0.15, 0.2) is 0 Å². The average molecular weight is 297 g/mol. The quantitative estimate of drug-likeness (QED) is 0.704. The van der Waals surface area contributed by atoms with Crippen LogP contribution < -0.4 is 10.1 Å². The lowest BCUT2D eigenvalue weighted by atomic mass is 10.2. The molecule has 4 nitrogen and oxygen atoms in total. The van der Waals surface area contributed by atoms with Crippen molar-refractivity contribution >= 4 is 11.0 Å². The maximum Gasteiger partial charge on any atom is 0.134 e. The Balaban J connectivity index is 1.42. The van der Waals surface area contributed by atoms with Gasteiger partial charge >= 0.3 is 0 Å². The molecule has 0 amide bonds. The predicted molar refractivity (Wildman–Crippen MR) is 85.9 cm³/mol. The van der Waals surface area contributed by atoms with Crippen LogP contribution in [0.5, 0.6) is 5.75 Å². The Labute approximate surface area is 129 Å². The van der Waals surface area contributed by atoms with E-state index in [2.05, 4.69) is 5.32 Å². The van der Waals surface area contributed by atoms with E-state index in [0.29, 0.717) is 13.1 Å². The zero-order chi connectivity index (χ0) is 15.2. The van der Waals surface area contributed by atoms with Crippen LogP contribution in [0.1, 0.15) is 5.76 Å². The van der Waals surface area contributed by atoms with Crippen molar-refractivity contribution in [2.75, 3.05) is 13.2 Å². The Morgan fingerprint density at radius 2 is 1.82 bits per heavy atom. The molecule has 0 aliphatic heterocycles. The molecule has 3 rings (SSSR count). The largest absolute Gasteiger partial charge is 0.491 e. The summed E-state index contributed by atoms with van der Waals surface area (Å²) in [4.78, 5) is 0. The van der Waals surface area contributed by atoms with Gasteiger partial charge in [0.2, 0.25) is 0 Å². The number of aliphatic hydroxyl groups is 1.